The van der Waals surface area contributed by atoms with Crippen LogP contribution < -0.4 is 5.32 Å². The largest absolute Gasteiger partial charge is 0.360 e. The van der Waals surface area contributed by atoms with Crippen LogP contribution >= 0.6 is 11.6 Å². The number of halogens is 1. The maximum absolute atomic E-state index is 12.0. The Bertz CT molecular complexity index is 667. The maximum Gasteiger partial charge on any atom is 0.245 e. The van der Waals surface area contributed by atoms with E-state index in [1.807, 2.05) is 12.1 Å². The van der Waals surface area contributed by atoms with Crippen LogP contribution in [0.3, 0.4) is 0 Å². The van der Waals surface area contributed by atoms with E-state index in [2.05, 4.69) is 10.5 Å². The van der Waals surface area contributed by atoms with E-state index in [1.54, 1.807) is 25.1 Å². The molecule has 0 aliphatic heterocycles. The lowest BCUT2D eigenvalue weighted by atomic mass is 10.2. The molecule has 0 aliphatic carbocycles. The molecule has 1 heterocycles. The summed E-state index contributed by atoms with van der Waals surface area (Å²) in [6.07, 6.45) is 0. The summed E-state index contributed by atoms with van der Waals surface area (Å²) >= 11 is 5.83. The number of aromatic nitrogens is 1. The highest BCUT2D eigenvalue weighted by molar-refractivity contribution is 6.30. The lowest BCUT2D eigenvalue weighted by Crippen LogP contribution is -2.36. The molecule has 0 saturated carbocycles. The number of aryl methyl sites for hydroxylation is 1. The molecule has 0 aliphatic rings. The molecule has 0 atom stereocenters. The van der Waals surface area contributed by atoms with Crippen LogP contribution in [-0.4, -0.2) is 28.4 Å². The summed E-state index contributed by atoms with van der Waals surface area (Å²) in [4.78, 5) is 25.1. The van der Waals surface area contributed by atoms with Gasteiger partial charge in [0.05, 0.1) is 0 Å². The van der Waals surface area contributed by atoms with Crippen molar-refractivity contribution in [2.24, 2.45) is 0 Å². The number of nitrogens with zero attached hydrogens (tertiary/aromatic N) is 2. The van der Waals surface area contributed by atoms with Crippen LogP contribution in [0.2, 0.25) is 5.02 Å². The first-order valence-electron chi connectivity index (χ1n) is 6.67. The summed E-state index contributed by atoms with van der Waals surface area (Å²) in [6.45, 7) is 3.41. The minimum atomic E-state index is -0.336. The molecule has 6 nitrogen and oxygen atoms in total. The van der Waals surface area contributed by atoms with Crippen LogP contribution in [0.25, 0.3) is 0 Å². The number of hydrogen-bond acceptors (Lipinski definition) is 4. The number of anilines is 1. The topological polar surface area (TPSA) is 75.4 Å². The third-order valence-electron chi connectivity index (χ3n) is 2.96. The highest BCUT2D eigenvalue weighted by Gasteiger charge is 2.15. The normalized spacial score (nSPS) is 10.3. The summed E-state index contributed by atoms with van der Waals surface area (Å²) in [5.74, 6) is 0.399. The second kappa shape index (κ2) is 7.09. The number of amides is 2. The van der Waals surface area contributed by atoms with Crippen molar-refractivity contribution in [1.29, 1.82) is 0 Å². The van der Waals surface area contributed by atoms with Gasteiger partial charge in [0, 0.05) is 24.6 Å². The Labute approximate surface area is 133 Å². The summed E-state index contributed by atoms with van der Waals surface area (Å²) in [5.41, 5.74) is 0.893. The predicted molar refractivity (Wildman–Crippen MR) is 82.4 cm³/mol. The minimum absolute atomic E-state index is 0.0656. The first-order chi connectivity index (χ1) is 10.4. The summed E-state index contributed by atoms with van der Waals surface area (Å²) in [5, 5.41) is 6.88. The molecule has 0 spiro atoms. The van der Waals surface area contributed by atoms with Crippen molar-refractivity contribution in [2.45, 2.75) is 20.4 Å². The average molecular weight is 322 g/mol. The Hall–Kier alpha value is -2.34. The van der Waals surface area contributed by atoms with Gasteiger partial charge >= 0.3 is 0 Å². The Morgan fingerprint density at radius 1 is 1.32 bits per heavy atom. The second-order valence-electron chi connectivity index (χ2n) is 4.87. The predicted octanol–water partition coefficient (Wildman–Crippen LogP) is 2.62. The summed E-state index contributed by atoms with van der Waals surface area (Å²) < 4.78 is 4.87. The van der Waals surface area contributed by atoms with E-state index in [9.17, 15) is 9.59 Å². The highest BCUT2D eigenvalue weighted by Crippen LogP contribution is 2.12. The molecule has 1 N–H and O–H groups in total. The van der Waals surface area contributed by atoms with Crippen LogP contribution in [0, 0.1) is 6.92 Å². The van der Waals surface area contributed by atoms with Gasteiger partial charge in [0.15, 0.2) is 5.82 Å². The fourth-order valence-electron chi connectivity index (χ4n) is 1.87. The molecule has 2 aromatic rings. The van der Waals surface area contributed by atoms with E-state index in [0.717, 1.165) is 5.56 Å². The van der Waals surface area contributed by atoms with Gasteiger partial charge in [-0.3, -0.25) is 9.59 Å². The zero-order valence-electron chi connectivity index (χ0n) is 12.3. The van der Waals surface area contributed by atoms with E-state index in [4.69, 9.17) is 16.1 Å². The van der Waals surface area contributed by atoms with E-state index >= 15 is 0 Å². The number of carbonyl (C=O) groups is 2. The first kappa shape index (κ1) is 16.0. The van der Waals surface area contributed by atoms with Crippen LogP contribution in [-0.2, 0) is 16.1 Å². The zero-order valence-corrected chi connectivity index (χ0v) is 13.1. The monoisotopic (exact) mass is 321 g/mol. The second-order valence-corrected chi connectivity index (χ2v) is 5.31. The molecule has 22 heavy (non-hydrogen) atoms. The standard InChI is InChI=1S/C15H16ClN3O3/c1-10-7-14(18-22-10)17-15(21)9-19(11(2)20)8-12-3-5-13(16)6-4-12/h3-7H,8-9H2,1-2H3,(H,17,18,21). The number of hydrogen-bond donors (Lipinski definition) is 1. The lowest BCUT2D eigenvalue weighted by molar-refractivity contribution is -0.133. The summed E-state index contributed by atoms with van der Waals surface area (Å²) in [6, 6.07) is 8.73. The smallest absolute Gasteiger partial charge is 0.245 e. The van der Waals surface area contributed by atoms with Gasteiger partial charge < -0.3 is 14.7 Å². The summed E-state index contributed by atoms with van der Waals surface area (Å²) in [7, 11) is 0. The van der Waals surface area contributed by atoms with Crippen LogP contribution in [0.5, 0.6) is 0 Å². The van der Waals surface area contributed by atoms with Crippen molar-refractivity contribution in [1.82, 2.24) is 10.1 Å². The lowest BCUT2D eigenvalue weighted by Gasteiger charge is -2.20. The van der Waals surface area contributed by atoms with Gasteiger partial charge in [-0.1, -0.05) is 28.9 Å². The van der Waals surface area contributed by atoms with Crippen molar-refractivity contribution >= 4 is 29.2 Å². The van der Waals surface area contributed by atoms with E-state index in [1.165, 1.54) is 11.8 Å². The maximum atomic E-state index is 12.0. The Kier molecular flexibility index (Phi) is 5.16. The fourth-order valence-corrected chi connectivity index (χ4v) is 2.00. The Balaban J connectivity index is 1.97. The molecule has 0 unspecified atom stereocenters. The Morgan fingerprint density at radius 3 is 2.55 bits per heavy atom. The van der Waals surface area contributed by atoms with E-state index < -0.39 is 0 Å². The Morgan fingerprint density at radius 2 is 2.00 bits per heavy atom. The molecule has 116 valence electrons. The van der Waals surface area contributed by atoms with Gasteiger partial charge in [-0.25, -0.2) is 0 Å². The zero-order chi connectivity index (χ0) is 16.1. The quantitative estimate of drug-likeness (QED) is 0.918. The molecule has 1 aromatic heterocycles. The molecule has 0 saturated heterocycles. The van der Waals surface area contributed by atoms with Crippen molar-refractivity contribution < 1.29 is 14.1 Å². The van der Waals surface area contributed by atoms with Gasteiger partial charge in [-0.15, -0.1) is 0 Å². The highest BCUT2D eigenvalue weighted by atomic mass is 35.5. The first-order valence-corrected chi connectivity index (χ1v) is 7.05. The molecular formula is C15H16ClN3O3. The van der Waals surface area contributed by atoms with E-state index in [0.29, 0.717) is 23.1 Å². The molecule has 0 radical (unpaired) electrons. The molecule has 7 heteroatoms. The third-order valence-corrected chi connectivity index (χ3v) is 3.21. The van der Waals surface area contributed by atoms with Gasteiger partial charge in [-0.05, 0) is 24.6 Å². The van der Waals surface area contributed by atoms with Gasteiger partial charge in [0.1, 0.15) is 12.3 Å². The third kappa shape index (κ3) is 4.60. The molecule has 0 bridgehead atoms. The molecule has 0 fully saturated rings. The fraction of sp³-hybridized carbons (Fsp3) is 0.267. The van der Waals surface area contributed by atoms with Crippen LogP contribution in [0.4, 0.5) is 5.82 Å². The SMILES string of the molecule is CC(=O)N(CC(=O)Nc1cc(C)on1)Cc1ccc(Cl)cc1. The molecule has 2 amide bonds. The molecule has 2 rings (SSSR count). The van der Waals surface area contributed by atoms with Gasteiger partial charge in [-0.2, -0.15) is 0 Å². The number of rotatable bonds is 5. The van der Waals surface area contributed by atoms with Crippen molar-refractivity contribution in [2.75, 3.05) is 11.9 Å². The molecule has 1 aromatic carbocycles. The van der Waals surface area contributed by atoms with Crippen LogP contribution in [0.1, 0.15) is 18.2 Å². The average Bonchev–Trinajstić information content (AvgIpc) is 2.85. The number of nitrogens with one attached hydrogen (secondary N) is 1. The number of benzene rings is 1. The van der Waals surface area contributed by atoms with Crippen molar-refractivity contribution in [3.63, 3.8) is 0 Å². The molecular weight excluding hydrogens is 306 g/mol. The van der Waals surface area contributed by atoms with Crippen molar-refractivity contribution in [3.8, 4) is 0 Å². The van der Waals surface area contributed by atoms with Crippen LogP contribution in [0.15, 0.2) is 34.9 Å². The van der Waals surface area contributed by atoms with Gasteiger partial charge in [0.2, 0.25) is 11.8 Å². The van der Waals surface area contributed by atoms with Crippen molar-refractivity contribution in [3.05, 3.63) is 46.7 Å². The minimum Gasteiger partial charge on any atom is -0.360 e. The van der Waals surface area contributed by atoms with Gasteiger partial charge in [0.25, 0.3) is 0 Å². The van der Waals surface area contributed by atoms with E-state index in [-0.39, 0.29) is 18.4 Å². The number of carbonyl (C=O) groups excluding carboxylic acids is 2.